The van der Waals surface area contributed by atoms with Crippen LogP contribution in [0.5, 0.6) is 5.75 Å². The number of methoxy groups -OCH3 is 1. The summed E-state index contributed by atoms with van der Waals surface area (Å²) in [4.78, 5) is 28.2. The maximum atomic E-state index is 12.8. The van der Waals surface area contributed by atoms with Crippen molar-refractivity contribution < 1.29 is 19.1 Å². The number of carbonyl (C=O) groups excluding carboxylic acids is 2. The fraction of sp³-hybridized carbons (Fsp3) is 0.429. The molecule has 0 bridgehead atoms. The smallest absolute Gasteiger partial charge is 0.405 e. The van der Waals surface area contributed by atoms with Crippen LogP contribution in [0.4, 0.5) is 4.79 Å². The second kappa shape index (κ2) is 9.30. The Labute approximate surface area is 165 Å². The predicted molar refractivity (Wildman–Crippen MR) is 106 cm³/mol. The highest BCUT2D eigenvalue weighted by Crippen LogP contribution is 2.25. The summed E-state index contributed by atoms with van der Waals surface area (Å²) in [6.45, 7) is 2.89. The lowest BCUT2D eigenvalue weighted by molar-refractivity contribution is -0.134. The molecular weight excluding hydrogens is 358 g/mol. The lowest BCUT2D eigenvalue weighted by atomic mass is 10.0. The van der Waals surface area contributed by atoms with E-state index in [1.807, 2.05) is 4.90 Å². The molecule has 150 valence electrons. The molecule has 0 saturated carbocycles. The molecule has 0 aromatic heterocycles. The van der Waals surface area contributed by atoms with E-state index in [0.717, 1.165) is 25.9 Å². The number of nitrogens with zero attached hydrogens (tertiary/aromatic N) is 2. The predicted octanol–water partition coefficient (Wildman–Crippen LogP) is 2.60. The van der Waals surface area contributed by atoms with Gasteiger partial charge in [-0.25, -0.2) is 4.79 Å². The van der Waals surface area contributed by atoms with Gasteiger partial charge in [-0.15, -0.1) is 0 Å². The zero-order chi connectivity index (χ0) is 19.9. The van der Waals surface area contributed by atoms with Crippen molar-refractivity contribution in [3.05, 3.63) is 53.8 Å². The van der Waals surface area contributed by atoms with Crippen molar-refractivity contribution in [2.24, 2.45) is 5.73 Å². The molecule has 1 saturated heterocycles. The Morgan fingerprint density at radius 3 is 2.39 bits per heavy atom. The summed E-state index contributed by atoms with van der Waals surface area (Å²) in [5.74, 6) is 0.643. The van der Waals surface area contributed by atoms with Crippen molar-refractivity contribution in [3.63, 3.8) is 0 Å². The monoisotopic (exact) mass is 385 g/mol. The first-order chi connectivity index (χ1) is 13.6. The molecule has 1 unspecified atom stereocenters. The van der Waals surface area contributed by atoms with Gasteiger partial charge in [-0.05, 0) is 36.6 Å². The Kier molecular flexibility index (Phi) is 6.57. The van der Waals surface area contributed by atoms with Crippen LogP contribution < -0.4 is 10.5 Å². The number of allylic oxidation sites excluding steroid dienone is 3. The van der Waals surface area contributed by atoms with E-state index in [1.165, 1.54) is 5.70 Å². The van der Waals surface area contributed by atoms with Crippen molar-refractivity contribution in [3.8, 4) is 5.75 Å². The molecular formula is C21H27N3O4. The van der Waals surface area contributed by atoms with Crippen LogP contribution in [0.2, 0.25) is 0 Å². The van der Waals surface area contributed by atoms with Gasteiger partial charge in [-0.3, -0.25) is 4.79 Å². The zero-order valence-corrected chi connectivity index (χ0v) is 16.2. The van der Waals surface area contributed by atoms with E-state index in [1.54, 1.807) is 31.4 Å². The summed E-state index contributed by atoms with van der Waals surface area (Å²) in [5, 5.41) is 0. The second-order valence-electron chi connectivity index (χ2n) is 6.88. The molecule has 1 fully saturated rings. The topological polar surface area (TPSA) is 85.1 Å². The maximum Gasteiger partial charge on any atom is 0.405 e. The van der Waals surface area contributed by atoms with Crippen LogP contribution in [0.15, 0.2) is 48.2 Å². The first kappa shape index (κ1) is 19.8. The molecule has 1 aliphatic heterocycles. The summed E-state index contributed by atoms with van der Waals surface area (Å²) in [6, 6.07) is 7.09. The number of hydrogen-bond donors (Lipinski definition) is 1. The molecule has 2 aliphatic rings. The SMILES string of the molecule is COc1ccc(C(CC(=O)N2CCN(C3=CCCC=C3)CC2)OC(N)=O)cc1. The maximum absolute atomic E-state index is 12.8. The van der Waals surface area contributed by atoms with E-state index >= 15 is 0 Å². The van der Waals surface area contributed by atoms with E-state index in [9.17, 15) is 9.59 Å². The normalized spacial score (nSPS) is 17.7. The summed E-state index contributed by atoms with van der Waals surface area (Å²) in [5.41, 5.74) is 7.17. The molecule has 1 atom stereocenters. The highest BCUT2D eigenvalue weighted by atomic mass is 16.6. The van der Waals surface area contributed by atoms with Crippen LogP contribution in [0, 0.1) is 0 Å². The van der Waals surface area contributed by atoms with Crippen LogP contribution in [-0.2, 0) is 9.53 Å². The standard InChI is InChI=1S/C21H27N3O4/c1-27-18-9-7-16(8-10-18)19(28-21(22)26)15-20(25)24-13-11-23(12-14-24)17-5-3-2-4-6-17/h3,5-10,19H,2,4,11-15H2,1H3,(H2,22,26). The van der Waals surface area contributed by atoms with Gasteiger partial charge in [0.2, 0.25) is 5.91 Å². The Bertz CT molecular complexity index is 749. The van der Waals surface area contributed by atoms with Gasteiger partial charge in [-0.1, -0.05) is 24.3 Å². The number of hydrogen-bond acceptors (Lipinski definition) is 5. The van der Waals surface area contributed by atoms with Gasteiger partial charge in [0, 0.05) is 31.9 Å². The van der Waals surface area contributed by atoms with Crippen LogP contribution in [0.25, 0.3) is 0 Å². The summed E-state index contributed by atoms with van der Waals surface area (Å²) >= 11 is 0. The van der Waals surface area contributed by atoms with Gasteiger partial charge in [0.1, 0.15) is 11.9 Å². The largest absolute Gasteiger partial charge is 0.497 e. The average Bonchev–Trinajstić information content (AvgIpc) is 2.74. The summed E-state index contributed by atoms with van der Waals surface area (Å²) in [6.07, 6.45) is 7.21. The van der Waals surface area contributed by atoms with Crippen LogP contribution >= 0.6 is 0 Å². The molecule has 2 N–H and O–H groups in total. The highest BCUT2D eigenvalue weighted by molar-refractivity contribution is 5.77. The Morgan fingerprint density at radius 2 is 1.82 bits per heavy atom. The Morgan fingerprint density at radius 1 is 1.11 bits per heavy atom. The van der Waals surface area contributed by atoms with Gasteiger partial charge in [0.25, 0.3) is 0 Å². The second-order valence-corrected chi connectivity index (χ2v) is 6.88. The summed E-state index contributed by atoms with van der Waals surface area (Å²) < 4.78 is 10.4. The van der Waals surface area contributed by atoms with E-state index in [2.05, 4.69) is 23.1 Å². The molecule has 0 spiro atoms. The number of carbonyl (C=O) groups is 2. The zero-order valence-electron chi connectivity index (χ0n) is 16.2. The first-order valence-corrected chi connectivity index (χ1v) is 9.56. The minimum Gasteiger partial charge on any atom is -0.497 e. The third kappa shape index (κ3) is 5.06. The molecule has 1 aliphatic carbocycles. The lowest BCUT2D eigenvalue weighted by Crippen LogP contribution is -2.48. The van der Waals surface area contributed by atoms with Crippen LogP contribution in [0.1, 0.15) is 30.9 Å². The number of ether oxygens (including phenoxy) is 2. The fourth-order valence-electron chi connectivity index (χ4n) is 3.52. The molecule has 7 nitrogen and oxygen atoms in total. The molecule has 1 aromatic carbocycles. The number of amides is 2. The molecule has 28 heavy (non-hydrogen) atoms. The van der Waals surface area contributed by atoms with Gasteiger partial charge >= 0.3 is 6.09 Å². The first-order valence-electron chi connectivity index (χ1n) is 9.56. The van der Waals surface area contributed by atoms with E-state index in [0.29, 0.717) is 24.4 Å². The highest BCUT2D eigenvalue weighted by Gasteiger charge is 2.26. The fourth-order valence-corrected chi connectivity index (χ4v) is 3.52. The quantitative estimate of drug-likeness (QED) is 0.814. The van der Waals surface area contributed by atoms with E-state index < -0.39 is 12.2 Å². The number of piperazine rings is 1. The molecule has 1 aromatic rings. The Hall–Kier alpha value is -2.96. The number of rotatable bonds is 6. The number of nitrogens with two attached hydrogens (primary N) is 1. The van der Waals surface area contributed by atoms with Crippen LogP contribution in [0.3, 0.4) is 0 Å². The third-order valence-corrected chi connectivity index (χ3v) is 5.08. The Balaban J connectivity index is 1.59. The van der Waals surface area contributed by atoms with Crippen molar-refractivity contribution in [2.45, 2.75) is 25.4 Å². The average molecular weight is 385 g/mol. The lowest BCUT2D eigenvalue weighted by Gasteiger charge is -2.37. The number of benzene rings is 1. The van der Waals surface area contributed by atoms with E-state index in [4.69, 9.17) is 15.2 Å². The van der Waals surface area contributed by atoms with E-state index in [-0.39, 0.29) is 12.3 Å². The van der Waals surface area contributed by atoms with Gasteiger partial charge in [-0.2, -0.15) is 0 Å². The van der Waals surface area contributed by atoms with Crippen molar-refractivity contribution in [1.29, 1.82) is 0 Å². The minimum atomic E-state index is -0.894. The van der Waals surface area contributed by atoms with Gasteiger partial charge in [0.05, 0.1) is 13.5 Å². The van der Waals surface area contributed by atoms with Crippen molar-refractivity contribution in [1.82, 2.24) is 9.80 Å². The molecule has 7 heteroatoms. The molecule has 0 radical (unpaired) electrons. The van der Waals surface area contributed by atoms with Crippen molar-refractivity contribution >= 4 is 12.0 Å². The number of primary amides is 1. The molecule has 2 amide bonds. The third-order valence-electron chi connectivity index (χ3n) is 5.08. The molecule has 1 heterocycles. The van der Waals surface area contributed by atoms with Crippen LogP contribution in [-0.4, -0.2) is 55.1 Å². The van der Waals surface area contributed by atoms with Gasteiger partial charge < -0.3 is 25.0 Å². The minimum absolute atomic E-state index is 0.0464. The summed E-state index contributed by atoms with van der Waals surface area (Å²) in [7, 11) is 1.58. The molecule has 3 rings (SSSR count). The van der Waals surface area contributed by atoms with Gasteiger partial charge in [0.15, 0.2) is 0 Å². The van der Waals surface area contributed by atoms with Crippen molar-refractivity contribution in [2.75, 3.05) is 33.3 Å².